The number of carbonyl (C=O) groups excluding carboxylic acids is 1. The van der Waals surface area contributed by atoms with Crippen molar-refractivity contribution in [3.8, 4) is 0 Å². The first-order valence-electron chi connectivity index (χ1n) is 8.35. The van der Waals surface area contributed by atoms with Crippen LogP contribution in [0.15, 0.2) is 34.2 Å². The Morgan fingerprint density at radius 3 is 2.84 bits per heavy atom. The topological polar surface area (TPSA) is 89.3 Å². The number of hydrogen-bond donors (Lipinski definition) is 1. The second-order valence-corrected chi connectivity index (χ2v) is 5.77. The van der Waals surface area contributed by atoms with Crippen LogP contribution in [0.3, 0.4) is 0 Å². The number of pyridine rings is 1. The number of ether oxygens (including phenoxy) is 1. The van der Waals surface area contributed by atoms with E-state index in [0.29, 0.717) is 29.9 Å². The molecule has 2 aromatic heterocycles. The molecule has 0 fully saturated rings. The van der Waals surface area contributed by atoms with E-state index in [1.807, 2.05) is 18.2 Å². The predicted molar refractivity (Wildman–Crippen MR) is 95.8 cm³/mol. The van der Waals surface area contributed by atoms with E-state index in [1.165, 1.54) is 11.8 Å². The van der Waals surface area contributed by atoms with E-state index in [9.17, 15) is 9.59 Å². The highest BCUT2D eigenvalue weighted by molar-refractivity contribution is 6.02. The van der Waals surface area contributed by atoms with Crippen LogP contribution >= 0.6 is 0 Å². The lowest BCUT2D eigenvalue weighted by atomic mass is 10.0. The second kappa shape index (κ2) is 8.96. The zero-order valence-corrected chi connectivity index (χ0v) is 14.9. The van der Waals surface area contributed by atoms with E-state index in [-0.39, 0.29) is 12.0 Å². The summed E-state index contributed by atoms with van der Waals surface area (Å²) < 4.78 is 6.10. The molecule has 0 aliphatic rings. The van der Waals surface area contributed by atoms with E-state index in [2.05, 4.69) is 22.0 Å². The first-order chi connectivity index (χ1) is 12.1. The standard InChI is InChI=1S/C18H24N4O3/c1-4-5-9-14(20-12-13-8-6-7-10-19-13)17-15(11-16(23)25-3)21-22(2)18(17)24/h6-8,10,21H,4-5,9,11-12H2,1-3H3. The smallest absolute Gasteiger partial charge is 0.311 e. The molecule has 0 saturated heterocycles. The van der Waals surface area contributed by atoms with Gasteiger partial charge in [0.1, 0.15) is 0 Å². The van der Waals surface area contributed by atoms with Gasteiger partial charge in [-0.15, -0.1) is 0 Å². The largest absolute Gasteiger partial charge is 0.469 e. The van der Waals surface area contributed by atoms with E-state index < -0.39 is 5.97 Å². The number of unbranched alkanes of at least 4 members (excludes halogenated alkanes) is 1. The molecule has 2 aromatic rings. The summed E-state index contributed by atoms with van der Waals surface area (Å²) in [6.07, 6.45) is 4.29. The molecule has 0 radical (unpaired) electrons. The third-order valence-corrected chi connectivity index (χ3v) is 3.89. The summed E-state index contributed by atoms with van der Waals surface area (Å²) in [7, 11) is 2.96. The van der Waals surface area contributed by atoms with Gasteiger partial charge in [0.05, 0.1) is 37.0 Å². The number of esters is 1. The van der Waals surface area contributed by atoms with Crippen LogP contribution in [-0.4, -0.2) is 33.6 Å². The summed E-state index contributed by atoms with van der Waals surface area (Å²) in [5.41, 5.74) is 2.36. The van der Waals surface area contributed by atoms with Crippen molar-refractivity contribution in [3.05, 3.63) is 51.7 Å². The Hall–Kier alpha value is -2.70. The minimum absolute atomic E-state index is 0.0106. The van der Waals surface area contributed by atoms with E-state index in [1.54, 1.807) is 13.2 Å². The Labute approximate surface area is 146 Å². The predicted octanol–water partition coefficient (Wildman–Crippen LogP) is 2.00. The zero-order valence-electron chi connectivity index (χ0n) is 14.9. The molecule has 0 bridgehead atoms. The number of aromatic nitrogens is 3. The Kier molecular flexibility index (Phi) is 6.68. The quantitative estimate of drug-likeness (QED) is 0.586. The van der Waals surface area contributed by atoms with E-state index >= 15 is 0 Å². The fourth-order valence-corrected chi connectivity index (χ4v) is 2.54. The monoisotopic (exact) mass is 344 g/mol. The summed E-state index contributed by atoms with van der Waals surface area (Å²) in [4.78, 5) is 33.1. The number of carbonyl (C=O) groups is 1. The van der Waals surface area contributed by atoms with Crippen LogP contribution in [0.4, 0.5) is 0 Å². The van der Waals surface area contributed by atoms with Crippen LogP contribution in [0, 0.1) is 0 Å². The lowest BCUT2D eigenvalue weighted by molar-refractivity contribution is -0.139. The van der Waals surface area contributed by atoms with E-state index in [4.69, 9.17) is 4.74 Å². The molecule has 25 heavy (non-hydrogen) atoms. The number of nitrogens with one attached hydrogen (secondary N) is 1. The summed E-state index contributed by atoms with van der Waals surface area (Å²) in [5.74, 6) is -0.400. The van der Waals surface area contributed by atoms with Crippen molar-refractivity contribution in [2.45, 2.75) is 39.2 Å². The molecule has 0 unspecified atom stereocenters. The molecule has 2 heterocycles. The van der Waals surface area contributed by atoms with Crippen LogP contribution in [0.1, 0.15) is 43.1 Å². The molecule has 0 spiro atoms. The van der Waals surface area contributed by atoms with Crippen molar-refractivity contribution in [1.82, 2.24) is 14.8 Å². The lowest BCUT2D eigenvalue weighted by Gasteiger charge is -2.06. The number of methoxy groups -OCH3 is 1. The fourth-order valence-electron chi connectivity index (χ4n) is 2.54. The Bertz CT molecular complexity index is 790. The summed E-state index contributed by atoms with van der Waals surface area (Å²) in [6.45, 7) is 2.48. The van der Waals surface area contributed by atoms with Crippen LogP contribution in [0.5, 0.6) is 0 Å². The summed E-state index contributed by atoms with van der Waals surface area (Å²) in [5, 5.41) is 2.94. The van der Waals surface area contributed by atoms with Crippen molar-refractivity contribution in [2.24, 2.45) is 12.0 Å². The molecule has 0 saturated carbocycles. The number of nitrogens with zero attached hydrogens (tertiary/aromatic N) is 3. The summed E-state index contributed by atoms with van der Waals surface area (Å²) in [6, 6.07) is 5.65. The highest BCUT2D eigenvalue weighted by atomic mass is 16.5. The highest BCUT2D eigenvalue weighted by Crippen LogP contribution is 2.12. The van der Waals surface area contributed by atoms with Crippen molar-refractivity contribution in [2.75, 3.05) is 7.11 Å². The molecular weight excluding hydrogens is 320 g/mol. The molecule has 2 rings (SSSR count). The zero-order chi connectivity index (χ0) is 18.2. The molecule has 0 aromatic carbocycles. The Morgan fingerprint density at radius 1 is 1.40 bits per heavy atom. The molecule has 0 aliphatic carbocycles. The normalized spacial score (nSPS) is 11.6. The average molecular weight is 344 g/mol. The molecule has 134 valence electrons. The molecular formula is C18H24N4O3. The van der Waals surface area contributed by atoms with Gasteiger partial charge in [-0.25, -0.2) is 0 Å². The van der Waals surface area contributed by atoms with Gasteiger partial charge < -0.3 is 4.74 Å². The van der Waals surface area contributed by atoms with Gasteiger partial charge in [0.25, 0.3) is 5.56 Å². The number of rotatable bonds is 8. The van der Waals surface area contributed by atoms with Crippen LogP contribution in [0.2, 0.25) is 0 Å². The number of aliphatic imine (C=N–C) groups is 1. The Morgan fingerprint density at radius 2 is 2.20 bits per heavy atom. The van der Waals surface area contributed by atoms with Crippen LogP contribution in [-0.2, 0) is 29.5 Å². The van der Waals surface area contributed by atoms with Crippen LogP contribution < -0.4 is 5.56 Å². The lowest BCUT2D eigenvalue weighted by Crippen LogP contribution is -2.20. The Balaban J connectivity index is 2.39. The maximum atomic E-state index is 12.6. The first-order valence-corrected chi connectivity index (χ1v) is 8.35. The number of aromatic amines is 1. The molecule has 7 heteroatoms. The number of aryl methyl sites for hydroxylation is 1. The third kappa shape index (κ3) is 4.89. The number of hydrogen-bond acceptors (Lipinski definition) is 5. The van der Waals surface area contributed by atoms with Crippen molar-refractivity contribution < 1.29 is 9.53 Å². The average Bonchev–Trinajstić information content (AvgIpc) is 2.90. The fraction of sp³-hybridized carbons (Fsp3) is 0.444. The van der Waals surface area contributed by atoms with E-state index in [0.717, 1.165) is 18.5 Å². The third-order valence-electron chi connectivity index (χ3n) is 3.89. The van der Waals surface area contributed by atoms with Gasteiger partial charge in [-0.1, -0.05) is 19.4 Å². The first kappa shape index (κ1) is 18.6. The minimum Gasteiger partial charge on any atom is -0.469 e. The van der Waals surface area contributed by atoms with Gasteiger partial charge in [-0.05, 0) is 25.0 Å². The van der Waals surface area contributed by atoms with Gasteiger partial charge in [-0.3, -0.25) is 29.3 Å². The van der Waals surface area contributed by atoms with Gasteiger partial charge in [0.2, 0.25) is 0 Å². The van der Waals surface area contributed by atoms with Crippen molar-refractivity contribution >= 4 is 11.7 Å². The van der Waals surface area contributed by atoms with Gasteiger partial charge in [0.15, 0.2) is 0 Å². The van der Waals surface area contributed by atoms with Gasteiger partial charge in [-0.2, -0.15) is 0 Å². The molecule has 7 nitrogen and oxygen atoms in total. The van der Waals surface area contributed by atoms with Crippen molar-refractivity contribution in [1.29, 1.82) is 0 Å². The van der Waals surface area contributed by atoms with Gasteiger partial charge >= 0.3 is 5.97 Å². The van der Waals surface area contributed by atoms with Crippen molar-refractivity contribution in [3.63, 3.8) is 0 Å². The molecule has 1 N–H and O–H groups in total. The molecule has 0 aliphatic heterocycles. The highest BCUT2D eigenvalue weighted by Gasteiger charge is 2.20. The number of H-pyrrole nitrogens is 1. The molecule has 0 amide bonds. The SMILES string of the molecule is CCCCC(=NCc1ccccn1)c1c(CC(=O)OC)[nH]n(C)c1=O. The van der Waals surface area contributed by atoms with Crippen LogP contribution in [0.25, 0.3) is 0 Å². The second-order valence-electron chi connectivity index (χ2n) is 5.77. The van der Waals surface area contributed by atoms with Gasteiger partial charge in [0, 0.05) is 19.0 Å². The maximum absolute atomic E-state index is 12.6. The maximum Gasteiger partial charge on any atom is 0.311 e. The minimum atomic E-state index is -0.400. The molecule has 0 atom stereocenters. The summed E-state index contributed by atoms with van der Waals surface area (Å²) >= 11 is 0.